The van der Waals surface area contributed by atoms with Crippen LogP contribution in [-0.2, 0) is 26.2 Å². The zero-order valence-electron chi connectivity index (χ0n) is 17.1. The Bertz CT molecular complexity index is 739. The molecule has 4 rings (SSSR count). The fourth-order valence-electron chi connectivity index (χ4n) is 4.74. The van der Waals surface area contributed by atoms with Gasteiger partial charge >= 0.3 is 0 Å². The van der Waals surface area contributed by atoms with Crippen LogP contribution in [0.3, 0.4) is 0 Å². The molecule has 0 aromatic carbocycles. The first-order valence-electron chi connectivity index (χ1n) is 10.6. The molecule has 2 fully saturated rings. The number of rotatable bonds is 8. The van der Waals surface area contributed by atoms with Gasteiger partial charge in [-0.05, 0) is 50.6 Å². The smallest absolute Gasteiger partial charge is 0.122 e. The van der Waals surface area contributed by atoms with Crippen LogP contribution in [0.4, 0.5) is 0 Å². The quantitative estimate of drug-likeness (QED) is 0.776. The van der Waals surface area contributed by atoms with Crippen LogP contribution < -0.4 is 5.32 Å². The van der Waals surface area contributed by atoms with Gasteiger partial charge in [0.2, 0.25) is 0 Å². The SMILES string of the molecule is CCn1ccnc1CN(Cc1cnn(CC(C)C)c1)[C@H]1CC12CCNCC2. The molecule has 1 aliphatic heterocycles. The van der Waals surface area contributed by atoms with E-state index in [1.54, 1.807) is 0 Å². The highest BCUT2D eigenvalue weighted by molar-refractivity contribution is 5.14. The summed E-state index contributed by atoms with van der Waals surface area (Å²) in [4.78, 5) is 7.31. The average molecular weight is 371 g/mol. The maximum Gasteiger partial charge on any atom is 0.122 e. The first kappa shape index (κ1) is 18.7. The monoisotopic (exact) mass is 370 g/mol. The second kappa shape index (κ2) is 7.76. The summed E-state index contributed by atoms with van der Waals surface area (Å²) in [5, 5.41) is 8.11. The Kier molecular flexibility index (Phi) is 5.37. The summed E-state index contributed by atoms with van der Waals surface area (Å²) >= 11 is 0. The Hall–Kier alpha value is -1.66. The standard InChI is InChI=1S/C21H34N6/c1-4-25-10-9-23-20(25)16-26(19-11-21(19)5-7-22-8-6-21)14-18-12-24-27(15-18)13-17(2)3/h9-10,12,15,17,19,22H,4-8,11,13-14,16H2,1-3H3/t19-/m0/s1. The van der Waals surface area contributed by atoms with Crippen molar-refractivity contribution in [2.75, 3.05) is 13.1 Å². The molecule has 1 N–H and O–H groups in total. The third kappa shape index (κ3) is 4.11. The Balaban J connectivity index is 1.50. The van der Waals surface area contributed by atoms with Crippen LogP contribution >= 0.6 is 0 Å². The van der Waals surface area contributed by atoms with E-state index in [4.69, 9.17) is 0 Å². The molecule has 6 heteroatoms. The van der Waals surface area contributed by atoms with E-state index < -0.39 is 0 Å². The molecule has 0 bridgehead atoms. The van der Waals surface area contributed by atoms with Crippen LogP contribution in [0.25, 0.3) is 0 Å². The van der Waals surface area contributed by atoms with E-state index in [-0.39, 0.29) is 0 Å². The minimum absolute atomic E-state index is 0.531. The summed E-state index contributed by atoms with van der Waals surface area (Å²) in [6.07, 6.45) is 12.3. The van der Waals surface area contributed by atoms with Crippen molar-refractivity contribution in [3.8, 4) is 0 Å². The van der Waals surface area contributed by atoms with Crippen LogP contribution in [0.5, 0.6) is 0 Å². The molecular weight excluding hydrogens is 336 g/mol. The van der Waals surface area contributed by atoms with E-state index in [1.807, 2.05) is 6.20 Å². The van der Waals surface area contributed by atoms with Gasteiger partial charge in [-0.25, -0.2) is 4.98 Å². The zero-order valence-corrected chi connectivity index (χ0v) is 17.1. The van der Waals surface area contributed by atoms with E-state index in [0.29, 0.717) is 17.4 Å². The molecule has 3 heterocycles. The molecule has 1 aliphatic carbocycles. The summed E-state index contributed by atoms with van der Waals surface area (Å²) in [6.45, 7) is 12.9. The normalized spacial score (nSPS) is 21.4. The molecule has 0 radical (unpaired) electrons. The molecule has 2 aromatic rings. The van der Waals surface area contributed by atoms with E-state index in [1.165, 1.54) is 43.7 Å². The van der Waals surface area contributed by atoms with Crippen molar-refractivity contribution in [1.82, 2.24) is 29.5 Å². The highest BCUT2D eigenvalue weighted by Crippen LogP contribution is 2.56. The number of nitrogens with zero attached hydrogens (tertiary/aromatic N) is 5. The van der Waals surface area contributed by atoms with E-state index in [9.17, 15) is 0 Å². The Morgan fingerprint density at radius 1 is 1.30 bits per heavy atom. The van der Waals surface area contributed by atoms with E-state index >= 15 is 0 Å². The molecular formula is C21H34N6. The Morgan fingerprint density at radius 3 is 2.85 bits per heavy atom. The van der Waals surface area contributed by atoms with Gasteiger partial charge in [0.05, 0.1) is 12.7 Å². The fraction of sp³-hybridized carbons (Fsp3) is 0.714. The highest BCUT2D eigenvalue weighted by Gasteiger charge is 2.56. The number of hydrogen-bond acceptors (Lipinski definition) is 4. The summed E-state index contributed by atoms with van der Waals surface area (Å²) in [5.41, 5.74) is 1.85. The first-order chi connectivity index (χ1) is 13.1. The lowest BCUT2D eigenvalue weighted by Crippen LogP contribution is -2.36. The molecule has 2 aliphatic rings. The Labute approximate surface area is 163 Å². The topological polar surface area (TPSA) is 50.9 Å². The zero-order chi connectivity index (χ0) is 18.9. The van der Waals surface area contributed by atoms with Crippen molar-refractivity contribution in [3.05, 3.63) is 36.2 Å². The maximum absolute atomic E-state index is 4.64. The predicted molar refractivity (Wildman–Crippen MR) is 107 cm³/mol. The largest absolute Gasteiger partial charge is 0.334 e. The molecule has 0 unspecified atom stereocenters. The van der Waals surface area contributed by atoms with Crippen LogP contribution in [0.15, 0.2) is 24.8 Å². The van der Waals surface area contributed by atoms with Gasteiger partial charge in [0, 0.05) is 49.8 Å². The molecule has 148 valence electrons. The number of imidazole rings is 1. The molecule has 27 heavy (non-hydrogen) atoms. The van der Waals surface area contributed by atoms with Gasteiger partial charge < -0.3 is 9.88 Å². The van der Waals surface area contributed by atoms with Crippen molar-refractivity contribution in [3.63, 3.8) is 0 Å². The molecule has 1 saturated carbocycles. The van der Waals surface area contributed by atoms with E-state index in [0.717, 1.165) is 26.2 Å². The van der Waals surface area contributed by atoms with Gasteiger partial charge in [-0.15, -0.1) is 0 Å². The highest BCUT2D eigenvalue weighted by atomic mass is 15.3. The van der Waals surface area contributed by atoms with Crippen molar-refractivity contribution in [1.29, 1.82) is 0 Å². The van der Waals surface area contributed by atoms with Crippen LogP contribution in [0, 0.1) is 11.3 Å². The van der Waals surface area contributed by atoms with Crippen molar-refractivity contribution in [2.45, 2.75) is 72.3 Å². The van der Waals surface area contributed by atoms with Crippen molar-refractivity contribution >= 4 is 0 Å². The number of piperidine rings is 1. The first-order valence-corrected chi connectivity index (χ1v) is 10.6. The lowest BCUT2D eigenvalue weighted by atomic mass is 9.93. The van der Waals surface area contributed by atoms with Crippen LogP contribution in [-0.4, -0.2) is 43.4 Å². The summed E-state index contributed by atoms with van der Waals surface area (Å²) < 4.78 is 4.37. The minimum atomic E-state index is 0.531. The number of aryl methyl sites for hydroxylation is 1. The van der Waals surface area contributed by atoms with Gasteiger partial charge in [0.1, 0.15) is 5.82 Å². The molecule has 1 spiro atoms. The predicted octanol–water partition coefficient (Wildman–Crippen LogP) is 2.90. The minimum Gasteiger partial charge on any atom is -0.334 e. The third-order valence-electron chi connectivity index (χ3n) is 6.30. The summed E-state index contributed by atoms with van der Waals surface area (Å²) in [7, 11) is 0. The van der Waals surface area contributed by atoms with Gasteiger partial charge in [-0.1, -0.05) is 13.8 Å². The van der Waals surface area contributed by atoms with Crippen molar-refractivity contribution in [2.24, 2.45) is 11.3 Å². The average Bonchev–Trinajstić information content (AvgIpc) is 2.99. The van der Waals surface area contributed by atoms with Gasteiger partial charge in [0.15, 0.2) is 0 Å². The summed E-state index contributed by atoms with van der Waals surface area (Å²) in [5.74, 6) is 1.80. The second-order valence-electron chi connectivity index (χ2n) is 8.83. The number of hydrogen-bond donors (Lipinski definition) is 1. The molecule has 2 aromatic heterocycles. The Morgan fingerprint density at radius 2 is 2.11 bits per heavy atom. The molecule has 6 nitrogen and oxygen atoms in total. The van der Waals surface area contributed by atoms with Gasteiger partial charge in [-0.2, -0.15) is 5.10 Å². The number of nitrogens with one attached hydrogen (secondary N) is 1. The molecule has 0 amide bonds. The van der Waals surface area contributed by atoms with Crippen molar-refractivity contribution < 1.29 is 0 Å². The number of aromatic nitrogens is 4. The van der Waals surface area contributed by atoms with Gasteiger partial charge in [-0.3, -0.25) is 9.58 Å². The van der Waals surface area contributed by atoms with Crippen LogP contribution in [0.2, 0.25) is 0 Å². The maximum atomic E-state index is 4.64. The molecule has 1 atom stereocenters. The fourth-order valence-corrected chi connectivity index (χ4v) is 4.74. The molecule has 1 saturated heterocycles. The third-order valence-corrected chi connectivity index (χ3v) is 6.30. The second-order valence-corrected chi connectivity index (χ2v) is 8.83. The summed E-state index contributed by atoms with van der Waals surface area (Å²) in [6, 6.07) is 0.676. The van der Waals surface area contributed by atoms with Gasteiger partial charge in [0.25, 0.3) is 0 Å². The lowest BCUT2D eigenvalue weighted by Gasteiger charge is -2.29. The van der Waals surface area contributed by atoms with Crippen LogP contribution in [0.1, 0.15) is 51.4 Å². The van der Waals surface area contributed by atoms with E-state index in [2.05, 4.69) is 68.9 Å². The lowest BCUT2D eigenvalue weighted by molar-refractivity contribution is 0.182.